The van der Waals surface area contributed by atoms with E-state index >= 15 is 4.39 Å². The van der Waals surface area contributed by atoms with Crippen molar-refractivity contribution in [1.29, 1.82) is 0 Å². The number of alkyl halides is 2. The highest BCUT2D eigenvalue weighted by Gasteiger charge is 2.36. The minimum absolute atomic E-state index is 0.00888. The standard InChI is InChI=1S/C26H32F4N4O6S/c1-14(25(2,3)37)33-19-9-15(23(35)32-26(4)5-7-41(38,39)8-6-26)16(27)10-20(19)34(24(33)36)18-11-22(31-12-17(18)28)40-13-21(29)30/h9-12,14,21,37-39H,5-8,13H2,1-4H3,(H,32,35). The highest BCUT2D eigenvalue weighted by Crippen LogP contribution is 2.47. The number of nitrogens with one attached hydrogen (secondary N) is 1. The number of imidazole rings is 1. The maximum Gasteiger partial charge on any atom is 0.334 e. The second-order valence-electron chi connectivity index (χ2n) is 11.0. The second kappa shape index (κ2) is 10.9. The number of aliphatic hydroxyl groups is 1. The van der Waals surface area contributed by atoms with Crippen molar-refractivity contribution in [1.82, 2.24) is 19.4 Å². The summed E-state index contributed by atoms with van der Waals surface area (Å²) in [4.78, 5) is 30.6. The molecule has 226 valence electrons. The zero-order valence-electron chi connectivity index (χ0n) is 22.8. The van der Waals surface area contributed by atoms with Gasteiger partial charge < -0.3 is 15.2 Å². The molecule has 1 saturated heterocycles. The van der Waals surface area contributed by atoms with Gasteiger partial charge in [0, 0.05) is 29.2 Å². The van der Waals surface area contributed by atoms with Gasteiger partial charge in [-0.05, 0) is 46.6 Å². The topological polar surface area (TPSA) is 139 Å². The Hall–Kier alpha value is -3.14. The fourth-order valence-corrected chi connectivity index (χ4v) is 6.37. The van der Waals surface area contributed by atoms with E-state index in [9.17, 15) is 37.0 Å². The van der Waals surface area contributed by atoms with Crippen LogP contribution < -0.4 is 15.7 Å². The van der Waals surface area contributed by atoms with E-state index in [0.29, 0.717) is 6.20 Å². The molecule has 1 unspecified atom stereocenters. The van der Waals surface area contributed by atoms with Crippen molar-refractivity contribution < 1.29 is 41.3 Å². The van der Waals surface area contributed by atoms with E-state index in [2.05, 4.69) is 10.3 Å². The first-order valence-electron chi connectivity index (χ1n) is 12.7. The second-order valence-corrected chi connectivity index (χ2v) is 13.5. The van der Waals surface area contributed by atoms with Crippen LogP contribution in [0.1, 0.15) is 56.9 Å². The van der Waals surface area contributed by atoms with Crippen LogP contribution in [-0.2, 0) is 0 Å². The molecule has 15 heteroatoms. The van der Waals surface area contributed by atoms with Crippen molar-refractivity contribution >= 4 is 27.5 Å². The summed E-state index contributed by atoms with van der Waals surface area (Å²) in [5.41, 5.74) is -4.32. The van der Waals surface area contributed by atoms with E-state index in [1.54, 1.807) is 6.92 Å². The third-order valence-electron chi connectivity index (χ3n) is 7.40. The molecular weight excluding hydrogens is 572 g/mol. The zero-order chi connectivity index (χ0) is 30.5. The molecule has 4 N–H and O–H groups in total. The number of hydrogen-bond donors (Lipinski definition) is 4. The van der Waals surface area contributed by atoms with Gasteiger partial charge in [0.1, 0.15) is 5.82 Å². The molecule has 3 heterocycles. The lowest BCUT2D eigenvalue weighted by atomic mass is 9.94. The average Bonchev–Trinajstić information content (AvgIpc) is 3.14. The maximum atomic E-state index is 15.5. The number of benzene rings is 1. The average molecular weight is 605 g/mol. The van der Waals surface area contributed by atoms with Gasteiger partial charge in [-0.25, -0.2) is 27.3 Å². The highest BCUT2D eigenvalue weighted by atomic mass is 32.3. The summed E-state index contributed by atoms with van der Waals surface area (Å²) in [6.07, 6.45) is -1.67. The molecular formula is C26H32F4N4O6S. The number of hydrogen-bond acceptors (Lipinski definition) is 7. The third kappa shape index (κ3) is 6.37. The van der Waals surface area contributed by atoms with Crippen molar-refractivity contribution in [2.24, 2.45) is 0 Å². The molecule has 1 amide bonds. The molecule has 0 spiro atoms. The van der Waals surface area contributed by atoms with E-state index in [1.165, 1.54) is 20.8 Å². The summed E-state index contributed by atoms with van der Waals surface area (Å²) in [5.74, 6) is -3.13. The number of carbonyl (C=O) groups excluding carboxylic acids is 1. The van der Waals surface area contributed by atoms with Crippen LogP contribution in [0.3, 0.4) is 0 Å². The van der Waals surface area contributed by atoms with Gasteiger partial charge in [-0.1, -0.05) is 0 Å². The lowest BCUT2D eigenvalue weighted by Crippen LogP contribution is -2.50. The number of ether oxygens (including phenoxy) is 1. The third-order valence-corrected chi connectivity index (χ3v) is 9.12. The van der Waals surface area contributed by atoms with Gasteiger partial charge in [0.2, 0.25) is 5.88 Å². The lowest BCUT2D eigenvalue weighted by Gasteiger charge is -2.44. The van der Waals surface area contributed by atoms with Gasteiger partial charge >= 0.3 is 5.69 Å². The fraction of sp³-hybridized carbons (Fsp3) is 0.500. The van der Waals surface area contributed by atoms with E-state index in [0.717, 1.165) is 27.3 Å². The molecule has 1 aliphatic rings. The Morgan fingerprint density at radius 1 is 1.17 bits per heavy atom. The molecule has 3 aromatic rings. The summed E-state index contributed by atoms with van der Waals surface area (Å²) in [6, 6.07) is 1.96. The first kappa shape index (κ1) is 30.8. The largest absolute Gasteiger partial charge is 0.472 e. The Morgan fingerprint density at radius 3 is 2.39 bits per heavy atom. The molecule has 0 aliphatic carbocycles. The van der Waals surface area contributed by atoms with Crippen LogP contribution in [0.4, 0.5) is 17.6 Å². The minimum Gasteiger partial charge on any atom is -0.472 e. The molecule has 0 bridgehead atoms. The minimum atomic E-state index is -2.84. The monoisotopic (exact) mass is 604 g/mol. The Bertz CT molecular complexity index is 1520. The summed E-state index contributed by atoms with van der Waals surface area (Å²) in [6.45, 7) is 5.05. The number of amides is 1. The summed E-state index contributed by atoms with van der Waals surface area (Å²) in [7, 11) is -2.73. The Labute approximate surface area is 234 Å². The number of rotatable bonds is 8. The van der Waals surface area contributed by atoms with Crippen LogP contribution in [-0.4, -0.2) is 69.9 Å². The molecule has 4 rings (SSSR count). The van der Waals surface area contributed by atoms with E-state index in [4.69, 9.17) is 4.74 Å². The van der Waals surface area contributed by atoms with Crippen molar-refractivity contribution in [2.75, 3.05) is 18.1 Å². The van der Waals surface area contributed by atoms with Gasteiger partial charge in [0.25, 0.3) is 12.3 Å². The quantitative estimate of drug-likeness (QED) is 0.278. The summed E-state index contributed by atoms with van der Waals surface area (Å²) < 4.78 is 82.4. The first-order valence-corrected chi connectivity index (χ1v) is 14.6. The fourth-order valence-electron chi connectivity index (χ4n) is 4.61. The molecule has 1 atom stereocenters. The van der Waals surface area contributed by atoms with Crippen LogP contribution in [0.25, 0.3) is 16.7 Å². The van der Waals surface area contributed by atoms with Gasteiger partial charge in [-0.15, -0.1) is 0 Å². The lowest BCUT2D eigenvalue weighted by molar-refractivity contribution is 0.0307. The van der Waals surface area contributed by atoms with Crippen molar-refractivity contribution in [2.45, 2.75) is 64.1 Å². The summed E-state index contributed by atoms with van der Waals surface area (Å²) >= 11 is 0. The normalized spacial score (nSPS) is 18.3. The Kier molecular flexibility index (Phi) is 8.21. The molecule has 2 aromatic heterocycles. The SMILES string of the molecule is CC(n1c(=O)n(-c2cc(OCC(F)F)ncc2F)c2cc(F)c(C(=O)NC3(C)CCS(O)(O)CC3)cc21)C(C)(C)O. The van der Waals surface area contributed by atoms with Crippen LogP contribution in [0.5, 0.6) is 5.88 Å². The van der Waals surface area contributed by atoms with Gasteiger partial charge in [0.15, 0.2) is 12.4 Å². The molecule has 10 nitrogen and oxygen atoms in total. The number of pyridine rings is 1. The number of carbonyl (C=O) groups is 1. The first-order chi connectivity index (χ1) is 18.9. The number of aromatic nitrogens is 3. The molecule has 1 fully saturated rings. The smallest absolute Gasteiger partial charge is 0.334 e. The van der Waals surface area contributed by atoms with Gasteiger partial charge in [-0.2, -0.15) is 10.6 Å². The van der Waals surface area contributed by atoms with Crippen molar-refractivity contribution in [3.8, 4) is 11.6 Å². The zero-order valence-corrected chi connectivity index (χ0v) is 23.6. The van der Waals surface area contributed by atoms with Crippen LogP contribution in [0, 0.1) is 11.6 Å². The van der Waals surface area contributed by atoms with Crippen LogP contribution in [0.15, 0.2) is 29.2 Å². The van der Waals surface area contributed by atoms with Crippen LogP contribution in [0.2, 0.25) is 0 Å². The molecule has 1 aromatic carbocycles. The predicted octanol–water partition coefficient (Wildman–Crippen LogP) is 4.47. The Morgan fingerprint density at radius 2 is 1.80 bits per heavy atom. The number of fused-ring (bicyclic) bond motifs is 1. The summed E-state index contributed by atoms with van der Waals surface area (Å²) in [5, 5.41) is 13.5. The van der Waals surface area contributed by atoms with E-state index in [-0.39, 0.29) is 35.4 Å². The molecule has 0 saturated carbocycles. The highest BCUT2D eigenvalue weighted by molar-refractivity contribution is 8.24. The van der Waals surface area contributed by atoms with E-state index in [1.807, 2.05) is 0 Å². The maximum absolute atomic E-state index is 15.5. The Balaban J connectivity index is 1.86. The van der Waals surface area contributed by atoms with E-state index < -0.39 is 81.2 Å². The van der Waals surface area contributed by atoms with Crippen molar-refractivity contribution in [3.05, 3.63) is 52.1 Å². The van der Waals surface area contributed by atoms with Gasteiger partial charge in [0.05, 0.1) is 40.1 Å². The van der Waals surface area contributed by atoms with Crippen molar-refractivity contribution in [3.63, 3.8) is 0 Å². The predicted molar refractivity (Wildman–Crippen MR) is 145 cm³/mol. The molecule has 1 aliphatic heterocycles. The number of halogens is 4. The number of nitrogens with zero attached hydrogens (tertiary/aromatic N) is 3. The molecule has 41 heavy (non-hydrogen) atoms. The van der Waals surface area contributed by atoms with Crippen LogP contribution >= 0.6 is 10.6 Å². The molecule has 0 radical (unpaired) electrons. The van der Waals surface area contributed by atoms with Gasteiger partial charge in [-0.3, -0.25) is 23.0 Å².